The molecular weight excluding hydrogens is 410 g/mol. The number of carbonyl (C=O) groups excluding carboxylic acids is 1. The summed E-state index contributed by atoms with van der Waals surface area (Å²) in [5, 5.41) is 11.1. The summed E-state index contributed by atoms with van der Waals surface area (Å²) in [6, 6.07) is 14.3. The Kier molecular flexibility index (Phi) is 7.52. The summed E-state index contributed by atoms with van der Waals surface area (Å²) in [6.45, 7) is 5.32. The summed E-state index contributed by atoms with van der Waals surface area (Å²) < 4.78 is 32.8. The Hall–Kier alpha value is -2.98. The molecular formula is C20H25N3O6S. The van der Waals surface area contributed by atoms with Crippen LogP contribution in [0.4, 0.5) is 10.5 Å². The quantitative estimate of drug-likeness (QED) is 0.502. The summed E-state index contributed by atoms with van der Waals surface area (Å²) in [6.07, 6.45) is -0.587. The third-order valence-corrected chi connectivity index (χ3v) is 5.40. The van der Waals surface area contributed by atoms with Gasteiger partial charge in [0.05, 0.1) is 4.92 Å². The summed E-state index contributed by atoms with van der Waals surface area (Å²) in [7, 11) is -4.14. The zero-order chi connectivity index (χ0) is 22.4. The number of amides is 1. The van der Waals surface area contributed by atoms with E-state index in [0.29, 0.717) is 0 Å². The number of rotatable bonds is 8. The van der Waals surface area contributed by atoms with Crippen molar-refractivity contribution in [2.45, 2.75) is 37.8 Å². The monoisotopic (exact) mass is 435 g/mol. The van der Waals surface area contributed by atoms with E-state index in [4.69, 9.17) is 4.74 Å². The van der Waals surface area contributed by atoms with Gasteiger partial charge in [0.15, 0.2) is 4.90 Å². The molecule has 0 aliphatic carbocycles. The first-order chi connectivity index (χ1) is 14.0. The summed E-state index contributed by atoms with van der Waals surface area (Å²) >= 11 is 0. The van der Waals surface area contributed by atoms with Crippen molar-refractivity contribution >= 4 is 21.8 Å². The molecule has 2 rings (SSSR count). The van der Waals surface area contributed by atoms with Crippen molar-refractivity contribution in [3.05, 3.63) is 70.3 Å². The Morgan fingerprint density at radius 2 is 1.70 bits per heavy atom. The van der Waals surface area contributed by atoms with E-state index >= 15 is 0 Å². The van der Waals surface area contributed by atoms with Gasteiger partial charge in [-0.25, -0.2) is 17.9 Å². The van der Waals surface area contributed by atoms with Crippen molar-refractivity contribution in [2.75, 3.05) is 13.1 Å². The second kappa shape index (κ2) is 9.68. The lowest BCUT2D eigenvalue weighted by Gasteiger charge is -2.27. The van der Waals surface area contributed by atoms with E-state index in [2.05, 4.69) is 4.72 Å². The third-order valence-electron chi connectivity index (χ3n) is 3.89. The highest BCUT2D eigenvalue weighted by molar-refractivity contribution is 7.89. The van der Waals surface area contributed by atoms with Gasteiger partial charge in [0.25, 0.3) is 5.69 Å². The molecule has 0 aromatic heterocycles. The molecule has 0 aliphatic rings. The molecule has 30 heavy (non-hydrogen) atoms. The number of carbonyl (C=O) groups is 1. The fourth-order valence-corrected chi connectivity index (χ4v) is 3.78. The number of nitrogens with one attached hydrogen (secondary N) is 1. The second-order valence-electron chi connectivity index (χ2n) is 7.51. The highest BCUT2D eigenvalue weighted by Crippen LogP contribution is 2.22. The van der Waals surface area contributed by atoms with Crippen LogP contribution in [-0.4, -0.2) is 43.0 Å². The Morgan fingerprint density at radius 3 is 2.30 bits per heavy atom. The van der Waals surface area contributed by atoms with Crippen LogP contribution in [0.2, 0.25) is 0 Å². The number of benzene rings is 2. The molecule has 2 aromatic carbocycles. The zero-order valence-electron chi connectivity index (χ0n) is 17.1. The molecule has 162 valence electrons. The molecule has 0 aliphatic heterocycles. The predicted molar refractivity (Wildman–Crippen MR) is 111 cm³/mol. The van der Waals surface area contributed by atoms with E-state index < -0.39 is 37.2 Å². The molecule has 0 saturated heterocycles. The molecule has 0 saturated carbocycles. The molecule has 0 unspecified atom stereocenters. The molecule has 0 spiro atoms. The van der Waals surface area contributed by atoms with Gasteiger partial charge in [0.2, 0.25) is 10.0 Å². The number of hydrogen-bond donors (Lipinski definition) is 1. The predicted octanol–water partition coefficient (Wildman–Crippen LogP) is 3.31. The highest BCUT2D eigenvalue weighted by atomic mass is 32.2. The van der Waals surface area contributed by atoms with Crippen LogP contribution in [0.25, 0.3) is 0 Å². The Balaban J connectivity index is 2.13. The lowest BCUT2D eigenvalue weighted by atomic mass is 10.2. The van der Waals surface area contributed by atoms with Crippen LogP contribution >= 0.6 is 0 Å². The van der Waals surface area contributed by atoms with E-state index in [1.54, 1.807) is 20.8 Å². The van der Waals surface area contributed by atoms with Crippen LogP contribution in [0.3, 0.4) is 0 Å². The smallest absolute Gasteiger partial charge is 0.410 e. The maximum Gasteiger partial charge on any atom is 0.410 e. The van der Waals surface area contributed by atoms with Crippen LogP contribution in [-0.2, 0) is 21.3 Å². The SMILES string of the molecule is CC(C)(C)OC(=O)N(CCNS(=O)(=O)c1ccccc1[N+](=O)[O-])Cc1ccccc1. The van der Waals surface area contributed by atoms with E-state index in [9.17, 15) is 23.3 Å². The standard InChI is InChI=1S/C20H25N3O6S/c1-20(2,3)29-19(24)22(15-16-9-5-4-6-10-16)14-13-21-30(27,28)18-12-8-7-11-17(18)23(25)26/h4-12,21H,13-15H2,1-3H3. The van der Waals surface area contributed by atoms with Gasteiger partial charge in [-0.3, -0.25) is 10.1 Å². The number of sulfonamides is 1. The molecule has 0 heterocycles. The lowest BCUT2D eigenvalue weighted by molar-refractivity contribution is -0.387. The van der Waals surface area contributed by atoms with Gasteiger partial charge < -0.3 is 9.64 Å². The van der Waals surface area contributed by atoms with Crippen molar-refractivity contribution in [1.82, 2.24) is 9.62 Å². The Bertz CT molecular complexity index is 987. The average Bonchev–Trinajstić information content (AvgIpc) is 2.66. The minimum absolute atomic E-state index is 0.0175. The fourth-order valence-electron chi connectivity index (χ4n) is 2.59. The normalized spacial score (nSPS) is 11.7. The van der Waals surface area contributed by atoms with Crippen molar-refractivity contribution < 1.29 is 22.9 Å². The zero-order valence-corrected chi connectivity index (χ0v) is 17.9. The van der Waals surface area contributed by atoms with E-state index in [1.807, 2.05) is 30.3 Å². The van der Waals surface area contributed by atoms with Gasteiger partial charge in [0, 0.05) is 25.7 Å². The Labute approximate surface area is 175 Å². The largest absolute Gasteiger partial charge is 0.444 e. The first-order valence-electron chi connectivity index (χ1n) is 9.24. The minimum atomic E-state index is -4.14. The molecule has 10 heteroatoms. The van der Waals surface area contributed by atoms with Gasteiger partial charge >= 0.3 is 6.09 Å². The highest BCUT2D eigenvalue weighted by Gasteiger charge is 2.26. The number of nitro groups is 1. The summed E-state index contributed by atoms with van der Waals surface area (Å²) in [4.78, 5) is 23.9. The van der Waals surface area contributed by atoms with Gasteiger partial charge in [-0.15, -0.1) is 0 Å². The maximum absolute atomic E-state index is 12.6. The summed E-state index contributed by atoms with van der Waals surface area (Å²) in [5.74, 6) is 0. The van der Waals surface area contributed by atoms with Gasteiger partial charge in [-0.1, -0.05) is 42.5 Å². The number of nitro benzene ring substituents is 1. The lowest BCUT2D eigenvalue weighted by Crippen LogP contribution is -2.41. The molecule has 0 bridgehead atoms. The second-order valence-corrected chi connectivity index (χ2v) is 9.25. The number of hydrogen-bond acceptors (Lipinski definition) is 6. The van der Waals surface area contributed by atoms with Gasteiger partial charge in [-0.05, 0) is 32.4 Å². The van der Waals surface area contributed by atoms with E-state index in [1.165, 1.54) is 17.0 Å². The van der Waals surface area contributed by atoms with E-state index in [-0.39, 0.29) is 19.6 Å². The molecule has 1 N–H and O–H groups in total. The number of para-hydroxylation sites is 1. The fraction of sp³-hybridized carbons (Fsp3) is 0.350. The molecule has 2 aromatic rings. The third kappa shape index (κ3) is 6.82. The molecule has 1 amide bonds. The van der Waals surface area contributed by atoms with Gasteiger partial charge in [-0.2, -0.15) is 0 Å². The number of ether oxygens (including phenoxy) is 1. The molecule has 0 atom stereocenters. The van der Waals surface area contributed by atoms with Crippen molar-refractivity contribution in [3.63, 3.8) is 0 Å². The van der Waals surface area contributed by atoms with Crippen LogP contribution < -0.4 is 4.72 Å². The topological polar surface area (TPSA) is 119 Å². The Morgan fingerprint density at radius 1 is 1.10 bits per heavy atom. The van der Waals surface area contributed by atoms with Crippen molar-refractivity contribution in [3.8, 4) is 0 Å². The van der Waals surface area contributed by atoms with Crippen LogP contribution in [0.15, 0.2) is 59.5 Å². The van der Waals surface area contributed by atoms with Crippen LogP contribution in [0.5, 0.6) is 0 Å². The first kappa shape index (κ1) is 23.3. The van der Waals surface area contributed by atoms with Crippen molar-refractivity contribution in [2.24, 2.45) is 0 Å². The summed E-state index contributed by atoms with van der Waals surface area (Å²) in [5.41, 5.74) is -0.376. The maximum atomic E-state index is 12.6. The molecule has 0 radical (unpaired) electrons. The number of nitrogens with zero attached hydrogens (tertiary/aromatic N) is 2. The van der Waals surface area contributed by atoms with Crippen molar-refractivity contribution in [1.29, 1.82) is 0 Å². The minimum Gasteiger partial charge on any atom is -0.444 e. The van der Waals surface area contributed by atoms with Crippen LogP contribution in [0.1, 0.15) is 26.3 Å². The van der Waals surface area contributed by atoms with Crippen LogP contribution in [0, 0.1) is 10.1 Å². The average molecular weight is 436 g/mol. The first-order valence-corrected chi connectivity index (χ1v) is 10.7. The van der Waals surface area contributed by atoms with E-state index in [0.717, 1.165) is 17.7 Å². The molecule has 9 nitrogen and oxygen atoms in total. The molecule has 0 fully saturated rings. The van der Waals surface area contributed by atoms with Gasteiger partial charge in [0.1, 0.15) is 5.60 Å².